The first-order valence-corrected chi connectivity index (χ1v) is 16.8. The van der Waals surface area contributed by atoms with Gasteiger partial charge in [-0.1, -0.05) is 176 Å². The number of benzene rings is 7. The van der Waals surface area contributed by atoms with Gasteiger partial charge in [-0.2, -0.15) is 0 Å². The predicted octanol–water partition coefficient (Wildman–Crippen LogP) is 11.5. The Balaban J connectivity index is 1.20. The molecule has 1 aliphatic rings. The monoisotopic (exact) mass is 624 g/mol. The summed E-state index contributed by atoms with van der Waals surface area (Å²) in [5, 5.41) is 0. The van der Waals surface area contributed by atoms with Crippen molar-refractivity contribution in [1.29, 1.82) is 0 Å². The Morgan fingerprint density at radius 2 is 0.735 bits per heavy atom. The lowest BCUT2D eigenvalue weighted by Crippen LogP contribution is -2.28. The molecule has 0 saturated heterocycles. The summed E-state index contributed by atoms with van der Waals surface area (Å²) >= 11 is 0. The first-order valence-electron chi connectivity index (χ1n) is 16.8. The zero-order valence-corrected chi connectivity index (χ0v) is 26.9. The van der Waals surface area contributed by atoms with E-state index in [-0.39, 0.29) is 0 Å². The third-order valence-electron chi connectivity index (χ3n) is 9.77. The van der Waals surface area contributed by atoms with Crippen LogP contribution in [0.1, 0.15) is 22.3 Å². The lowest BCUT2D eigenvalue weighted by Gasteiger charge is -2.34. The molecule has 0 atom stereocenters. The third-order valence-corrected chi connectivity index (χ3v) is 9.77. The number of fused-ring (bicyclic) bond motifs is 3. The molecule has 0 aliphatic heterocycles. The Morgan fingerprint density at radius 1 is 0.306 bits per heavy atom. The maximum atomic E-state index is 5.10. The van der Waals surface area contributed by atoms with Gasteiger partial charge in [0.1, 0.15) is 0 Å². The molecule has 1 heterocycles. The van der Waals surface area contributed by atoms with Crippen LogP contribution in [0.2, 0.25) is 0 Å². The van der Waals surface area contributed by atoms with Crippen molar-refractivity contribution in [3.8, 4) is 56.2 Å². The summed E-state index contributed by atoms with van der Waals surface area (Å²) in [6.07, 6.45) is 0. The molecule has 0 unspecified atom stereocenters. The maximum absolute atomic E-state index is 5.10. The highest BCUT2D eigenvalue weighted by Crippen LogP contribution is 2.56. The van der Waals surface area contributed by atoms with Crippen LogP contribution in [-0.2, 0) is 5.41 Å². The van der Waals surface area contributed by atoms with Crippen LogP contribution in [0.4, 0.5) is 0 Å². The highest BCUT2D eigenvalue weighted by Gasteiger charge is 2.45. The van der Waals surface area contributed by atoms with E-state index in [1.165, 1.54) is 33.4 Å². The van der Waals surface area contributed by atoms with Crippen LogP contribution in [0, 0.1) is 0 Å². The standard InChI is InChI=1S/C47H32N2/c1-4-16-33(17-5-1)44-32-45(34-18-6-2-7-19-34)49-46(48-44)37-22-14-20-35(30-37)36-21-15-25-39(31-36)47(38-23-8-3-9-24-38)42-28-12-10-26-40(42)41-27-11-13-29-43(41)47/h1-32H. The molecule has 0 bridgehead atoms. The van der Waals surface area contributed by atoms with Crippen LogP contribution in [0.5, 0.6) is 0 Å². The van der Waals surface area contributed by atoms with Gasteiger partial charge in [-0.25, -0.2) is 9.97 Å². The lowest BCUT2D eigenvalue weighted by atomic mass is 9.67. The fourth-order valence-electron chi connectivity index (χ4n) is 7.57. The van der Waals surface area contributed by atoms with Crippen molar-refractivity contribution in [3.63, 3.8) is 0 Å². The van der Waals surface area contributed by atoms with Gasteiger partial charge in [-0.3, -0.25) is 0 Å². The molecule has 2 heteroatoms. The lowest BCUT2D eigenvalue weighted by molar-refractivity contribution is 0.769. The first-order chi connectivity index (χ1) is 24.3. The quantitative estimate of drug-likeness (QED) is 0.184. The van der Waals surface area contributed by atoms with Crippen molar-refractivity contribution in [1.82, 2.24) is 9.97 Å². The topological polar surface area (TPSA) is 25.8 Å². The van der Waals surface area contributed by atoms with Gasteiger partial charge in [0.05, 0.1) is 16.8 Å². The largest absolute Gasteiger partial charge is 0.228 e. The molecule has 8 aromatic rings. The van der Waals surface area contributed by atoms with Gasteiger partial charge in [-0.15, -0.1) is 0 Å². The minimum absolute atomic E-state index is 0.445. The zero-order valence-electron chi connectivity index (χ0n) is 26.9. The second-order valence-electron chi connectivity index (χ2n) is 12.6. The molecule has 2 nitrogen and oxygen atoms in total. The van der Waals surface area contributed by atoms with Crippen molar-refractivity contribution in [2.75, 3.05) is 0 Å². The van der Waals surface area contributed by atoms with E-state index < -0.39 is 5.41 Å². The second-order valence-corrected chi connectivity index (χ2v) is 12.6. The molecule has 0 radical (unpaired) electrons. The average molecular weight is 625 g/mol. The summed E-state index contributed by atoms with van der Waals surface area (Å²) in [7, 11) is 0. The molecule has 0 N–H and O–H groups in total. The normalized spacial score (nSPS) is 12.7. The average Bonchev–Trinajstić information content (AvgIpc) is 3.50. The van der Waals surface area contributed by atoms with Gasteiger partial charge in [0.25, 0.3) is 0 Å². The molecule has 9 rings (SSSR count). The minimum Gasteiger partial charge on any atom is -0.228 e. The van der Waals surface area contributed by atoms with Gasteiger partial charge in [0.2, 0.25) is 0 Å². The van der Waals surface area contributed by atoms with E-state index in [9.17, 15) is 0 Å². The molecular formula is C47H32N2. The van der Waals surface area contributed by atoms with Crippen molar-refractivity contribution >= 4 is 0 Å². The molecular weight excluding hydrogens is 593 g/mol. The van der Waals surface area contributed by atoms with Crippen LogP contribution in [0.15, 0.2) is 194 Å². The van der Waals surface area contributed by atoms with Crippen LogP contribution < -0.4 is 0 Å². The first kappa shape index (κ1) is 28.8. The molecule has 0 fully saturated rings. The third kappa shape index (κ3) is 4.89. The maximum Gasteiger partial charge on any atom is 0.160 e. The molecule has 0 saturated carbocycles. The molecule has 49 heavy (non-hydrogen) atoms. The Kier molecular flexibility index (Phi) is 7.06. The minimum atomic E-state index is -0.445. The van der Waals surface area contributed by atoms with Gasteiger partial charge in [0.15, 0.2) is 5.82 Å². The molecule has 230 valence electrons. The van der Waals surface area contributed by atoms with E-state index in [0.29, 0.717) is 5.82 Å². The summed E-state index contributed by atoms with van der Waals surface area (Å²) < 4.78 is 0. The van der Waals surface area contributed by atoms with Crippen LogP contribution in [0.3, 0.4) is 0 Å². The van der Waals surface area contributed by atoms with Crippen molar-refractivity contribution in [3.05, 3.63) is 216 Å². The number of hydrogen-bond acceptors (Lipinski definition) is 2. The van der Waals surface area contributed by atoms with Gasteiger partial charge in [0, 0.05) is 16.7 Å². The van der Waals surface area contributed by atoms with E-state index in [4.69, 9.17) is 9.97 Å². The Bertz CT molecular complexity index is 2330. The Hall–Kier alpha value is -6.38. The Morgan fingerprint density at radius 3 is 1.33 bits per heavy atom. The summed E-state index contributed by atoms with van der Waals surface area (Å²) in [5.74, 6) is 0.706. The SMILES string of the molecule is c1ccc(-c2cc(-c3ccccc3)nc(-c3cccc(-c4cccc(C5(c6ccccc6)c6ccccc6-c6ccccc65)c4)c3)n2)cc1. The molecule has 7 aromatic carbocycles. The number of hydrogen-bond donors (Lipinski definition) is 0. The highest BCUT2D eigenvalue weighted by molar-refractivity contribution is 5.87. The van der Waals surface area contributed by atoms with Gasteiger partial charge >= 0.3 is 0 Å². The predicted molar refractivity (Wildman–Crippen MR) is 201 cm³/mol. The summed E-state index contributed by atoms with van der Waals surface area (Å²) in [5.41, 5.74) is 14.5. The molecule has 1 aliphatic carbocycles. The molecule has 0 spiro atoms. The smallest absolute Gasteiger partial charge is 0.160 e. The van der Waals surface area contributed by atoms with Crippen molar-refractivity contribution < 1.29 is 0 Å². The van der Waals surface area contributed by atoms with Gasteiger partial charge in [-0.05, 0) is 62.7 Å². The number of rotatable bonds is 6. The fourth-order valence-corrected chi connectivity index (χ4v) is 7.57. The van der Waals surface area contributed by atoms with E-state index in [2.05, 4.69) is 182 Å². The fraction of sp³-hybridized carbons (Fsp3) is 0.0213. The second kappa shape index (κ2) is 12.0. The number of aromatic nitrogens is 2. The van der Waals surface area contributed by atoms with E-state index in [1.54, 1.807) is 0 Å². The zero-order chi connectivity index (χ0) is 32.6. The van der Waals surface area contributed by atoms with Crippen LogP contribution in [-0.4, -0.2) is 9.97 Å². The van der Waals surface area contributed by atoms with Crippen LogP contribution >= 0.6 is 0 Å². The molecule has 1 aromatic heterocycles. The number of nitrogens with zero attached hydrogens (tertiary/aromatic N) is 2. The summed E-state index contributed by atoms with van der Waals surface area (Å²) in [6, 6.07) is 69.2. The van der Waals surface area contributed by atoms with E-state index in [0.717, 1.165) is 39.2 Å². The summed E-state index contributed by atoms with van der Waals surface area (Å²) in [4.78, 5) is 10.2. The van der Waals surface area contributed by atoms with Crippen LogP contribution in [0.25, 0.3) is 56.2 Å². The van der Waals surface area contributed by atoms with E-state index >= 15 is 0 Å². The molecule has 0 amide bonds. The summed E-state index contributed by atoms with van der Waals surface area (Å²) in [6.45, 7) is 0. The van der Waals surface area contributed by atoms with Gasteiger partial charge < -0.3 is 0 Å². The highest BCUT2D eigenvalue weighted by atomic mass is 14.9. The van der Waals surface area contributed by atoms with E-state index in [1.807, 2.05) is 12.1 Å². The van der Waals surface area contributed by atoms with Crippen molar-refractivity contribution in [2.45, 2.75) is 5.41 Å². The Labute approximate surface area is 287 Å². The van der Waals surface area contributed by atoms with Crippen molar-refractivity contribution in [2.24, 2.45) is 0 Å².